The highest BCUT2D eigenvalue weighted by molar-refractivity contribution is 6.31. The van der Waals surface area contributed by atoms with Crippen LogP contribution >= 0.6 is 11.6 Å². The van der Waals surface area contributed by atoms with E-state index < -0.39 is 0 Å². The Bertz CT molecular complexity index is 366. The monoisotopic (exact) mass is 240 g/mol. The summed E-state index contributed by atoms with van der Waals surface area (Å²) in [5, 5.41) is 6.58. The number of carbonyl (C=O) groups excluding carboxylic acids is 1. The second-order valence-corrected chi connectivity index (χ2v) is 4.09. The first-order valence-corrected chi connectivity index (χ1v) is 5.67. The number of nitrogens with one attached hydrogen (secondary N) is 2. The van der Waals surface area contributed by atoms with Gasteiger partial charge in [0.2, 0.25) is 5.91 Å². The maximum atomic E-state index is 11.0. The molecule has 0 spiro atoms. The summed E-state index contributed by atoms with van der Waals surface area (Å²) in [6.45, 7) is 3.42. The van der Waals surface area contributed by atoms with Crippen molar-refractivity contribution in [2.75, 3.05) is 13.6 Å². The molecule has 0 saturated heterocycles. The van der Waals surface area contributed by atoms with Gasteiger partial charge in [-0.05, 0) is 24.1 Å². The van der Waals surface area contributed by atoms with Crippen LogP contribution in [0.15, 0.2) is 18.2 Å². The molecule has 0 radical (unpaired) electrons. The van der Waals surface area contributed by atoms with Gasteiger partial charge < -0.3 is 10.6 Å². The molecule has 1 amide bonds. The molecule has 3 nitrogen and oxygen atoms in total. The summed E-state index contributed by atoms with van der Waals surface area (Å²) in [5.41, 5.74) is 2.26. The van der Waals surface area contributed by atoms with E-state index in [0.29, 0.717) is 13.0 Å². The first-order chi connectivity index (χ1) is 7.63. The number of carbonyl (C=O) groups is 1. The highest BCUT2D eigenvalue weighted by atomic mass is 35.5. The molecule has 16 heavy (non-hydrogen) atoms. The van der Waals surface area contributed by atoms with Gasteiger partial charge in [-0.25, -0.2) is 0 Å². The van der Waals surface area contributed by atoms with Gasteiger partial charge in [-0.2, -0.15) is 0 Å². The molecule has 0 fully saturated rings. The van der Waals surface area contributed by atoms with Crippen LogP contribution in [0.4, 0.5) is 0 Å². The Morgan fingerprint density at radius 3 is 2.81 bits per heavy atom. The third kappa shape index (κ3) is 4.21. The van der Waals surface area contributed by atoms with Crippen LogP contribution in [0.2, 0.25) is 5.02 Å². The molecule has 0 bridgehead atoms. The molecule has 4 heteroatoms. The molecule has 0 saturated carbocycles. The number of hydrogen-bond acceptors (Lipinski definition) is 2. The molecule has 0 heterocycles. The number of aryl methyl sites for hydroxylation is 1. The summed E-state index contributed by atoms with van der Waals surface area (Å²) in [4.78, 5) is 11.0. The van der Waals surface area contributed by atoms with Gasteiger partial charge in [0.25, 0.3) is 0 Å². The van der Waals surface area contributed by atoms with E-state index in [-0.39, 0.29) is 5.91 Å². The minimum absolute atomic E-state index is 0.0554. The van der Waals surface area contributed by atoms with Crippen LogP contribution in [-0.2, 0) is 11.3 Å². The van der Waals surface area contributed by atoms with Crippen molar-refractivity contribution >= 4 is 17.5 Å². The van der Waals surface area contributed by atoms with E-state index in [2.05, 4.69) is 16.7 Å². The Balaban J connectivity index is 2.32. The van der Waals surface area contributed by atoms with E-state index in [4.69, 9.17) is 11.6 Å². The van der Waals surface area contributed by atoms with Crippen LogP contribution in [-0.4, -0.2) is 19.5 Å². The summed E-state index contributed by atoms with van der Waals surface area (Å²) >= 11 is 5.93. The molecule has 0 unspecified atom stereocenters. The molecule has 0 aliphatic carbocycles. The van der Waals surface area contributed by atoms with Gasteiger partial charge >= 0.3 is 0 Å². The maximum absolute atomic E-state index is 11.0. The van der Waals surface area contributed by atoms with Gasteiger partial charge in [0.05, 0.1) is 0 Å². The largest absolute Gasteiger partial charge is 0.359 e. The van der Waals surface area contributed by atoms with E-state index in [0.717, 1.165) is 17.1 Å². The average molecular weight is 241 g/mol. The van der Waals surface area contributed by atoms with E-state index in [1.807, 2.05) is 19.1 Å². The van der Waals surface area contributed by atoms with Gasteiger partial charge in [-0.1, -0.05) is 23.7 Å². The van der Waals surface area contributed by atoms with E-state index >= 15 is 0 Å². The Kier molecular flexibility index (Phi) is 5.29. The fourth-order valence-electron chi connectivity index (χ4n) is 1.38. The standard InChI is InChI=1S/C12H17ClN2O/c1-9-7-10(3-4-11(9)13)8-15-6-5-12(16)14-2/h3-4,7,15H,5-6,8H2,1-2H3,(H,14,16). The lowest BCUT2D eigenvalue weighted by Gasteiger charge is -2.06. The number of benzene rings is 1. The number of hydrogen-bond donors (Lipinski definition) is 2. The lowest BCUT2D eigenvalue weighted by Crippen LogP contribution is -2.24. The third-order valence-corrected chi connectivity index (χ3v) is 2.78. The van der Waals surface area contributed by atoms with Crippen molar-refractivity contribution < 1.29 is 4.79 Å². The second kappa shape index (κ2) is 6.51. The molecule has 1 aromatic carbocycles. The Morgan fingerprint density at radius 2 is 2.19 bits per heavy atom. The molecule has 1 aromatic rings. The lowest BCUT2D eigenvalue weighted by molar-refractivity contribution is -0.120. The van der Waals surface area contributed by atoms with Crippen molar-refractivity contribution in [2.24, 2.45) is 0 Å². The topological polar surface area (TPSA) is 41.1 Å². The molecular weight excluding hydrogens is 224 g/mol. The molecule has 0 atom stereocenters. The molecular formula is C12H17ClN2O. The molecule has 2 N–H and O–H groups in total. The summed E-state index contributed by atoms with van der Waals surface area (Å²) in [5.74, 6) is 0.0554. The van der Waals surface area contributed by atoms with Crippen LogP contribution in [0.5, 0.6) is 0 Å². The molecule has 88 valence electrons. The zero-order chi connectivity index (χ0) is 12.0. The van der Waals surface area contributed by atoms with Crippen molar-refractivity contribution in [3.8, 4) is 0 Å². The van der Waals surface area contributed by atoms with Crippen LogP contribution in [0, 0.1) is 6.92 Å². The Morgan fingerprint density at radius 1 is 1.44 bits per heavy atom. The summed E-state index contributed by atoms with van der Waals surface area (Å²) in [7, 11) is 1.64. The highest BCUT2D eigenvalue weighted by Gasteiger charge is 1.99. The maximum Gasteiger partial charge on any atom is 0.221 e. The SMILES string of the molecule is CNC(=O)CCNCc1ccc(Cl)c(C)c1. The van der Waals surface area contributed by atoms with Crippen molar-refractivity contribution in [2.45, 2.75) is 19.9 Å². The predicted octanol–water partition coefficient (Wildman–Crippen LogP) is 1.87. The van der Waals surface area contributed by atoms with Crippen LogP contribution in [0.3, 0.4) is 0 Å². The van der Waals surface area contributed by atoms with Crippen LogP contribution in [0.25, 0.3) is 0 Å². The molecule has 0 aliphatic rings. The first kappa shape index (κ1) is 13.0. The van der Waals surface area contributed by atoms with E-state index in [1.54, 1.807) is 7.05 Å². The van der Waals surface area contributed by atoms with Crippen LogP contribution < -0.4 is 10.6 Å². The van der Waals surface area contributed by atoms with Gasteiger partial charge in [0.15, 0.2) is 0 Å². The fourth-order valence-corrected chi connectivity index (χ4v) is 1.49. The quantitative estimate of drug-likeness (QED) is 0.772. The van der Waals surface area contributed by atoms with Crippen molar-refractivity contribution in [3.63, 3.8) is 0 Å². The summed E-state index contributed by atoms with van der Waals surface area (Å²) in [6.07, 6.45) is 0.503. The highest BCUT2D eigenvalue weighted by Crippen LogP contribution is 2.15. The Hall–Kier alpha value is -1.06. The summed E-state index contributed by atoms with van der Waals surface area (Å²) < 4.78 is 0. The normalized spacial score (nSPS) is 10.2. The van der Waals surface area contributed by atoms with E-state index in [1.165, 1.54) is 5.56 Å². The average Bonchev–Trinajstić information content (AvgIpc) is 2.28. The van der Waals surface area contributed by atoms with Gasteiger partial charge in [-0.15, -0.1) is 0 Å². The van der Waals surface area contributed by atoms with Crippen molar-refractivity contribution in [3.05, 3.63) is 34.3 Å². The second-order valence-electron chi connectivity index (χ2n) is 3.68. The zero-order valence-electron chi connectivity index (χ0n) is 9.64. The van der Waals surface area contributed by atoms with Gasteiger partial charge in [0, 0.05) is 31.6 Å². The fraction of sp³-hybridized carbons (Fsp3) is 0.417. The Labute approximate surface area is 101 Å². The van der Waals surface area contributed by atoms with Crippen LogP contribution in [0.1, 0.15) is 17.5 Å². The first-order valence-electron chi connectivity index (χ1n) is 5.30. The van der Waals surface area contributed by atoms with Crippen molar-refractivity contribution in [1.82, 2.24) is 10.6 Å². The molecule has 0 aromatic heterocycles. The van der Waals surface area contributed by atoms with Gasteiger partial charge in [0.1, 0.15) is 0 Å². The lowest BCUT2D eigenvalue weighted by atomic mass is 10.1. The van der Waals surface area contributed by atoms with E-state index in [9.17, 15) is 4.79 Å². The predicted molar refractivity (Wildman–Crippen MR) is 66.6 cm³/mol. The molecule has 0 aliphatic heterocycles. The van der Waals surface area contributed by atoms with Gasteiger partial charge in [-0.3, -0.25) is 4.79 Å². The number of amides is 1. The minimum atomic E-state index is 0.0554. The zero-order valence-corrected chi connectivity index (χ0v) is 10.4. The summed E-state index contributed by atoms with van der Waals surface area (Å²) in [6, 6.07) is 5.93. The van der Waals surface area contributed by atoms with Crippen molar-refractivity contribution in [1.29, 1.82) is 0 Å². The minimum Gasteiger partial charge on any atom is -0.359 e. The number of rotatable bonds is 5. The number of halogens is 1. The molecule has 1 rings (SSSR count). The third-order valence-electron chi connectivity index (χ3n) is 2.36. The smallest absolute Gasteiger partial charge is 0.221 e.